The van der Waals surface area contributed by atoms with E-state index >= 15 is 0 Å². The number of hydrogen-bond acceptors (Lipinski definition) is 3. The van der Waals surface area contributed by atoms with E-state index < -0.39 is 11.8 Å². The summed E-state index contributed by atoms with van der Waals surface area (Å²) in [5, 5.41) is 6.85. The largest absolute Gasteiger partial charge is 0.341 e. The Morgan fingerprint density at radius 1 is 1.08 bits per heavy atom. The van der Waals surface area contributed by atoms with Gasteiger partial charge in [0.15, 0.2) is 0 Å². The van der Waals surface area contributed by atoms with Gasteiger partial charge >= 0.3 is 11.8 Å². The second-order valence-electron chi connectivity index (χ2n) is 7.87. The Kier molecular flexibility index (Phi) is 6.34. The highest BCUT2D eigenvalue weighted by Crippen LogP contribution is 2.36. The fourth-order valence-corrected chi connectivity index (χ4v) is 3.20. The third-order valence-electron chi connectivity index (χ3n) is 4.96. The minimum absolute atomic E-state index is 0.227. The van der Waals surface area contributed by atoms with Crippen LogP contribution in [0.2, 0.25) is 0 Å². The van der Waals surface area contributed by atoms with Crippen LogP contribution in [0.4, 0.5) is 0 Å². The van der Waals surface area contributed by atoms with Gasteiger partial charge in [-0.1, -0.05) is 51.1 Å². The summed E-state index contributed by atoms with van der Waals surface area (Å²) in [6.45, 7) is 8.64. The summed E-state index contributed by atoms with van der Waals surface area (Å²) in [4.78, 5) is 23.9. The van der Waals surface area contributed by atoms with Gasteiger partial charge in [-0.25, -0.2) is 5.43 Å². The molecule has 1 saturated carbocycles. The van der Waals surface area contributed by atoms with Crippen LogP contribution in [-0.4, -0.2) is 17.5 Å². The van der Waals surface area contributed by atoms with E-state index in [9.17, 15) is 9.59 Å². The average molecular weight is 343 g/mol. The van der Waals surface area contributed by atoms with Crippen molar-refractivity contribution >= 4 is 17.5 Å². The highest BCUT2D eigenvalue weighted by atomic mass is 16.2. The van der Waals surface area contributed by atoms with Crippen LogP contribution in [0.5, 0.6) is 0 Å². The summed E-state index contributed by atoms with van der Waals surface area (Å²) in [5.74, 6) is -0.700. The quantitative estimate of drug-likeness (QED) is 0.650. The maximum absolute atomic E-state index is 12.0. The van der Waals surface area contributed by atoms with E-state index in [1.165, 1.54) is 0 Å². The lowest BCUT2D eigenvalue weighted by Gasteiger charge is -2.34. The Morgan fingerprint density at radius 2 is 1.68 bits per heavy atom. The molecule has 136 valence electrons. The molecule has 5 heteroatoms. The summed E-state index contributed by atoms with van der Waals surface area (Å²) < 4.78 is 0. The van der Waals surface area contributed by atoms with Crippen molar-refractivity contribution in [2.75, 3.05) is 0 Å². The summed E-state index contributed by atoms with van der Waals surface area (Å²) in [5.41, 5.74) is 4.63. The van der Waals surface area contributed by atoms with E-state index in [2.05, 4.69) is 36.6 Å². The number of hydrazone groups is 1. The number of benzene rings is 1. The first-order chi connectivity index (χ1) is 11.8. The minimum Gasteiger partial charge on any atom is -0.341 e. The van der Waals surface area contributed by atoms with Crippen molar-refractivity contribution in [2.24, 2.45) is 16.4 Å². The van der Waals surface area contributed by atoms with Crippen molar-refractivity contribution in [1.82, 2.24) is 10.7 Å². The smallest absolute Gasteiger partial charge is 0.329 e. The van der Waals surface area contributed by atoms with E-state index in [0.29, 0.717) is 11.3 Å². The van der Waals surface area contributed by atoms with Gasteiger partial charge in [0.25, 0.3) is 0 Å². The average Bonchev–Trinajstić information content (AvgIpc) is 2.60. The molecule has 1 atom stereocenters. The molecule has 1 aromatic rings. The van der Waals surface area contributed by atoms with Crippen molar-refractivity contribution in [2.45, 2.75) is 59.4 Å². The first-order valence-electron chi connectivity index (χ1n) is 8.98. The van der Waals surface area contributed by atoms with E-state index in [0.717, 1.165) is 37.0 Å². The predicted molar refractivity (Wildman–Crippen MR) is 100.0 cm³/mol. The lowest BCUT2D eigenvalue weighted by molar-refractivity contribution is -0.139. The fourth-order valence-electron chi connectivity index (χ4n) is 3.20. The molecule has 0 unspecified atom stereocenters. The number of rotatable bonds is 3. The molecular formula is C20H29N3O2. The Bertz CT molecular complexity index is 622. The van der Waals surface area contributed by atoms with Gasteiger partial charge < -0.3 is 5.32 Å². The van der Waals surface area contributed by atoms with Crippen molar-refractivity contribution in [3.05, 3.63) is 35.9 Å². The highest BCUT2D eigenvalue weighted by molar-refractivity contribution is 6.35. The van der Waals surface area contributed by atoms with Crippen LogP contribution in [0.15, 0.2) is 35.4 Å². The molecule has 5 nitrogen and oxygen atoms in total. The first kappa shape index (κ1) is 19.2. The Labute approximate surface area is 150 Å². The lowest BCUT2D eigenvalue weighted by atomic mass is 9.72. The van der Waals surface area contributed by atoms with Gasteiger partial charge in [-0.15, -0.1) is 0 Å². The molecule has 0 saturated heterocycles. The molecule has 0 aromatic heterocycles. The lowest BCUT2D eigenvalue weighted by Crippen LogP contribution is -2.39. The van der Waals surface area contributed by atoms with Gasteiger partial charge in [0.1, 0.15) is 0 Å². The predicted octanol–water partition coefficient (Wildman–Crippen LogP) is 3.57. The fraction of sp³-hybridized carbons (Fsp3) is 0.550. The van der Waals surface area contributed by atoms with Crippen molar-refractivity contribution < 1.29 is 9.59 Å². The van der Waals surface area contributed by atoms with Crippen LogP contribution in [0.1, 0.15) is 65.0 Å². The first-order valence-corrected chi connectivity index (χ1v) is 8.98. The summed E-state index contributed by atoms with van der Waals surface area (Å²) in [6.07, 6.45) is 3.92. The number of nitrogens with one attached hydrogen (secondary N) is 2. The number of amides is 2. The third-order valence-corrected chi connectivity index (χ3v) is 4.96. The van der Waals surface area contributed by atoms with Crippen LogP contribution in [0.25, 0.3) is 0 Å². The Balaban J connectivity index is 1.81. The molecule has 1 fully saturated rings. The molecule has 0 bridgehead atoms. The second-order valence-corrected chi connectivity index (χ2v) is 7.87. The van der Waals surface area contributed by atoms with Crippen LogP contribution in [-0.2, 0) is 9.59 Å². The van der Waals surface area contributed by atoms with E-state index in [4.69, 9.17) is 0 Å². The molecule has 0 aliphatic heterocycles. The van der Waals surface area contributed by atoms with Crippen molar-refractivity contribution in [1.29, 1.82) is 0 Å². The normalized spacial score (nSPS) is 19.0. The second kappa shape index (κ2) is 8.28. The Hall–Kier alpha value is -2.17. The molecule has 1 aromatic carbocycles. The molecule has 0 spiro atoms. The monoisotopic (exact) mass is 343 g/mol. The van der Waals surface area contributed by atoms with Crippen molar-refractivity contribution in [3.8, 4) is 0 Å². The molecule has 2 amide bonds. The van der Waals surface area contributed by atoms with E-state index in [1.54, 1.807) is 0 Å². The number of hydrogen-bond donors (Lipinski definition) is 2. The van der Waals surface area contributed by atoms with E-state index in [1.807, 2.05) is 37.3 Å². The summed E-state index contributed by atoms with van der Waals surface area (Å²) >= 11 is 0. The molecule has 1 aliphatic rings. The zero-order chi connectivity index (χ0) is 18.4. The third kappa shape index (κ3) is 5.69. The SMILES string of the molecule is C[C@@H](NC(=O)C(=O)NN=C1CCC(C(C)(C)C)CC1)c1ccccc1. The molecule has 2 N–H and O–H groups in total. The molecule has 25 heavy (non-hydrogen) atoms. The van der Waals surface area contributed by atoms with Crippen LogP contribution >= 0.6 is 0 Å². The Morgan fingerprint density at radius 3 is 2.24 bits per heavy atom. The van der Waals surface area contributed by atoms with Gasteiger partial charge in [0.05, 0.1) is 6.04 Å². The zero-order valence-corrected chi connectivity index (χ0v) is 15.6. The number of carbonyl (C=O) groups excluding carboxylic acids is 2. The zero-order valence-electron chi connectivity index (χ0n) is 15.6. The van der Waals surface area contributed by atoms with Crippen molar-refractivity contribution in [3.63, 3.8) is 0 Å². The van der Waals surface area contributed by atoms with Gasteiger partial charge in [-0.3, -0.25) is 9.59 Å². The molecule has 2 rings (SSSR count). The van der Waals surface area contributed by atoms with Crippen LogP contribution in [0, 0.1) is 11.3 Å². The maximum Gasteiger partial charge on any atom is 0.329 e. The number of nitrogens with zero attached hydrogens (tertiary/aromatic N) is 1. The van der Waals surface area contributed by atoms with E-state index in [-0.39, 0.29) is 6.04 Å². The summed E-state index contributed by atoms with van der Waals surface area (Å²) in [6, 6.07) is 9.31. The summed E-state index contributed by atoms with van der Waals surface area (Å²) in [7, 11) is 0. The standard InChI is InChI=1S/C20H29N3O2/c1-14(15-8-6-5-7-9-15)21-18(24)19(25)23-22-17-12-10-16(11-13-17)20(2,3)4/h5-9,14,16H,10-13H2,1-4H3,(H,21,24)(H,23,25)/t14-,16?/m1/s1. The highest BCUT2D eigenvalue weighted by Gasteiger charge is 2.28. The van der Waals surface area contributed by atoms with Gasteiger partial charge in [-0.2, -0.15) is 5.10 Å². The minimum atomic E-state index is -0.715. The molecule has 1 aliphatic carbocycles. The molecule has 0 heterocycles. The van der Waals surface area contributed by atoms with Gasteiger partial charge in [0, 0.05) is 5.71 Å². The number of carbonyl (C=O) groups is 2. The van der Waals surface area contributed by atoms with Crippen LogP contribution in [0.3, 0.4) is 0 Å². The molecular weight excluding hydrogens is 314 g/mol. The van der Waals surface area contributed by atoms with Gasteiger partial charge in [0.2, 0.25) is 0 Å². The maximum atomic E-state index is 12.0. The van der Waals surface area contributed by atoms with Crippen LogP contribution < -0.4 is 10.7 Å². The molecule has 0 radical (unpaired) electrons. The topological polar surface area (TPSA) is 70.6 Å². The van der Waals surface area contributed by atoms with Gasteiger partial charge in [-0.05, 0) is 49.5 Å².